The molecule has 1 atom stereocenters. The van der Waals surface area contributed by atoms with Gasteiger partial charge in [0.25, 0.3) is 11.8 Å². The van der Waals surface area contributed by atoms with Crippen LogP contribution in [-0.4, -0.2) is 29.5 Å². The molecule has 40 heavy (non-hydrogen) atoms. The van der Waals surface area contributed by atoms with Gasteiger partial charge >= 0.3 is 5.97 Å². The number of amides is 2. The molecule has 0 saturated carbocycles. The number of benzene rings is 4. The molecule has 4 aromatic carbocycles. The first-order valence-electron chi connectivity index (χ1n) is 13.2. The van der Waals surface area contributed by atoms with Crippen LogP contribution in [0.3, 0.4) is 0 Å². The number of ether oxygens (including phenoxy) is 2. The molecule has 5 rings (SSSR count). The van der Waals surface area contributed by atoms with Crippen molar-refractivity contribution >= 4 is 45.8 Å². The summed E-state index contributed by atoms with van der Waals surface area (Å²) in [5, 5.41) is 11.0. The molecule has 1 heterocycles. The zero-order valence-electron chi connectivity index (χ0n) is 22.1. The second kappa shape index (κ2) is 11.4. The predicted octanol–water partition coefficient (Wildman–Crippen LogP) is 7.24. The summed E-state index contributed by atoms with van der Waals surface area (Å²) in [6.45, 7) is 4.27. The van der Waals surface area contributed by atoms with E-state index in [1.165, 1.54) is 12.1 Å². The Balaban J connectivity index is 1.66. The highest BCUT2D eigenvalue weighted by Gasteiger charge is 2.44. The summed E-state index contributed by atoms with van der Waals surface area (Å²) in [6, 6.07) is 21.5. The lowest BCUT2D eigenvalue weighted by Gasteiger charge is -2.18. The van der Waals surface area contributed by atoms with E-state index < -0.39 is 23.7 Å². The molecule has 1 aliphatic heterocycles. The highest BCUT2D eigenvalue weighted by Crippen LogP contribution is 2.47. The van der Waals surface area contributed by atoms with E-state index in [1.54, 1.807) is 13.0 Å². The van der Waals surface area contributed by atoms with E-state index in [0.717, 1.165) is 10.5 Å². The summed E-state index contributed by atoms with van der Waals surface area (Å²) in [6.07, 6.45) is 1.07. The fourth-order valence-corrected chi connectivity index (χ4v) is 5.30. The minimum atomic E-state index is -0.975. The molecule has 0 saturated heterocycles. The normalized spacial score (nSPS) is 13.4. The number of fused-ring (bicyclic) bond motifs is 2. The molecule has 204 valence electrons. The number of anilines is 1. The van der Waals surface area contributed by atoms with Crippen LogP contribution in [0.15, 0.2) is 72.8 Å². The van der Waals surface area contributed by atoms with Crippen LogP contribution in [-0.2, 0) is 11.4 Å². The third kappa shape index (κ3) is 4.77. The van der Waals surface area contributed by atoms with Crippen LogP contribution in [0.5, 0.6) is 11.5 Å². The van der Waals surface area contributed by atoms with E-state index in [0.29, 0.717) is 47.3 Å². The van der Waals surface area contributed by atoms with Gasteiger partial charge in [0, 0.05) is 10.8 Å². The van der Waals surface area contributed by atoms with Gasteiger partial charge < -0.3 is 14.6 Å². The van der Waals surface area contributed by atoms with Gasteiger partial charge in [0.05, 0.1) is 34.4 Å². The lowest BCUT2D eigenvalue weighted by Crippen LogP contribution is -2.30. The van der Waals surface area contributed by atoms with Gasteiger partial charge in [0.2, 0.25) is 0 Å². The molecule has 1 unspecified atom stereocenters. The van der Waals surface area contributed by atoms with Crippen molar-refractivity contribution in [3.63, 3.8) is 0 Å². The first-order valence-corrected chi connectivity index (χ1v) is 13.5. The lowest BCUT2D eigenvalue weighted by molar-refractivity contribution is -0.138. The number of hydrogen-bond acceptors (Lipinski definition) is 5. The fourth-order valence-electron chi connectivity index (χ4n) is 5.03. The molecule has 2 amide bonds. The van der Waals surface area contributed by atoms with Gasteiger partial charge in [-0.2, -0.15) is 0 Å². The second-order valence-corrected chi connectivity index (χ2v) is 9.94. The Labute approximate surface area is 236 Å². The molecule has 1 N–H and O–H groups in total. The molecule has 4 aromatic rings. The standard InChI is InChI=1S/C32H28ClNO6/c1-3-16-39-28-22-12-8-9-13-23(22)29(40-18-19-10-6-5-7-11-19)27-26(28)30(35)34(31(27)36)25-15-14-20(17-24(25)33)21(4-2)32(37)38/h5-15,17,21H,3-4,16,18H2,1-2H3,(H,37,38). The quantitative estimate of drug-likeness (QED) is 0.207. The third-order valence-corrected chi connectivity index (χ3v) is 7.25. The van der Waals surface area contributed by atoms with E-state index in [2.05, 4.69) is 0 Å². The van der Waals surface area contributed by atoms with Crippen LogP contribution >= 0.6 is 11.6 Å². The van der Waals surface area contributed by atoms with Crippen molar-refractivity contribution in [3.05, 3.63) is 100 Å². The minimum Gasteiger partial charge on any atom is -0.492 e. The van der Waals surface area contributed by atoms with Crippen LogP contribution in [0, 0.1) is 0 Å². The molecule has 0 spiro atoms. The second-order valence-electron chi connectivity index (χ2n) is 9.53. The van der Waals surface area contributed by atoms with Crippen LogP contribution < -0.4 is 14.4 Å². The van der Waals surface area contributed by atoms with Gasteiger partial charge in [-0.15, -0.1) is 0 Å². The largest absolute Gasteiger partial charge is 0.492 e. The molecular weight excluding hydrogens is 530 g/mol. The van der Waals surface area contributed by atoms with Gasteiger partial charge in [0.1, 0.15) is 18.1 Å². The topological polar surface area (TPSA) is 93.1 Å². The smallest absolute Gasteiger partial charge is 0.310 e. The molecule has 1 aliphatic rings. The maximum absolute atomic E-state index is 14.1. The van der Waals surface area contributed by atoms with Crippen molar-refractivity contribution < 1.29 is 29.0 Å². The number of aliphatic carboxylic acids is 1. The molecule has 0 aliphatic carbocycles. The Morgan fingerprint density at radius 3 is 2.02 bits per heavy atom. The summed E-state index contributed by atoms with van der Waals surface area (Å²) < 4.78 is 12.4. The third-order valence-electron chi connectivity index (χ3n) is 6.95. The number of rotatable bonds is 10. The first kappa shape index (κ1) is 27.2. The van der Waals surface area contributed by atoms with E-state index in [4.69, 9.17) is 21.1 Å². The lowest BCUT2D eigenvalue weighted by atomic mass is 9.96. The Kier molecular flexibility index (Phi) is 7.76. The van der Waals surface area contributed by atoms with Gasteiger partial charge in [-0.05, 0) is 36.1 Å². The summed E-state index contributed by atoms with van der Waals surface area (Å²) in [4.78, 5) is 40.8. The van der Waals surface area contributed by atoms with E-state index in [-0.39, 0.29) is 28.4 Å². The molecule has 0 radical (unpaired) electrons. The minimum absolute atomic E-state index is 0.0963. The maximum atomic E-state index is 14.1. The van der Waals surface area contributed by atoms with Gasteiger partial charge in [-0.3, -0.25) is 14.4 Å². The summed E-state index contributed by atoms with van der Waals surface area (Å²) in [5.74, 6) is -2.28. The summed E-state index contributed by atoms with van der Waals surface area (Å²) in [7, 11) is 0. The van der Waals surface area contributed by atoms with Crippen molar-refractivity contribution in [2.24, 2.45) is 0 Å². The summed E-state index contributed by atoms with van der Waals surface area (Å²) >= 11 is 6.60. The number of carbonyl (C=O) groups is 3. The molecule has 0 bridgehead atoms. The number of nitrogens with zero attached hydrogens (tertiary/aromatic N) is 1. The van der Waals surface area contributed by atoms with Crippen molar-refractivity contribution in [2.45, 2.75) is 39.2 Å². The van der Waals surface area contributed by atoms with Crippen LogP contribution in [0.4, 0.5) is 5.69 Å². The van der Waals surface area contributed by atoms with E-state index in [1.807, 2.05) is 61.5 Å². The number of carbonyl (C=O) groups excluding carboxylic acids is 2. The number of hydrogen-bond donors (Lipinski definition) is 1. The molecule has 8 heteroatoms. The Morgan fingerprint density at radius 2 is 1.48 bits per heavy atom. The van der Waals surface area contributed by atoms with Crippen molar-refractivity contribution in [3.8, 4) is 11.5 Å². The van der Waals surface area contributed by atoms with Crippen LogP contribution in [0.2, 0.25) is 5.02 Å². The first-order chi connectivity index (χ1) is 19.4. The molecular formula is C32H28ClNO6. The molecule has 0 fully saturated rings. The van der Waals surface area contributed by atoms with Gasteiger partial charge in [0.15, 0.2) is 0 Å². The number of halogens is 1. The van der Waals surface area contributed by atoms with Gasteiger partial charge in [-0.25, -0.2) is 4.90 Å². The highest BCUT2D eigenvalue weighted by molar-refractivity contribution is 6.41. The van der Waals surface area contributed by atoms with Crippen LogP contribution in [0.1, 0.15) is 64.4 Å². The maximum Gasteiger partial charge on any atom is 0.310 e. The van der Waals surface area contributed by atoms with Crippen molar-refractivity contribution in [1.29, 1.82) is 0 Å². The van der Waals surface area contributed by atoms with Gasteiger partial charge in [-0.1, -0.05) is 86.1 Å². The Morgan fingerprint density at radius 1 is 0.875 bits per heavy atom. The SMILES string of the molecule is CCCOc1c2c(c(OCc3ccccc3)c3ccccc13)C(=O)N(c1ccc(C(CC)C(=O)O)cc1Cl)C2=O. The Hall–Kier alpha value is -4.36. The van der Waals surface area contributed by atoms with E-state index >= 15 is 0 Å². The average Bonchev–Trinajstić information content (AvgIpc) is 3.21. The summed E-state index contributed by atoms with van der Waals surface area (Å²) in [5.41, 5.74) is 1.80. The monoisotopic (exact) mass is 557 g/mol. The fraction of sp³-hybridized carbons (Fsp3) is 0.219. The predicted molar refractivity (Wildman–Crippen MR) is 154 cm³/mol. The van der Waals surface area contributed by atoms with Crippen molar-refractivity contribution in [2.75, 3.05) is 11.5 Å². The average molecular weight is 558 g/mol. The number of carboxylic acids is 1. The van der Waals surface area contributed by atoms with Crippen LogP contribution in [0.25, 0.3) is 10.8 Å². The highest BCUT2D eigenvalue weighted by atomic mass is 35.5. The number of carboxylic acid groups (broad SMARTS) is 1. The zero-order chi connectivity index (χ0) is 28.4. The molecule has 7 nitrogen and oxygen atoms in total. The molecule has 0 aromatic heterocycles. The van der Waals surface area contributed by atoms with Crippen molar-refractivity contribution in [1.82, 2.24) is 0 Å². The van der Waals surface area contributed by atoms with E-state index in [9.17, 15) is 19.5 Å². The zero-order valence-corrected chi connectivity index (χ0v) is 22.9. The number of imide groups is 1. The Bertz CT molecular complexity index is 1620.